The summed E-state index contributed by atoms with van der Waals surface area (Å²) in [5, 5.41) is 6.42. The highest BCUT2D eigenvalue weighted by molar-refractivity contribution is 6.01. The fourth-order valence-electron chi connectivity index (χ4n) is 3.50. The Bertz CT molecular complexity index is 990. The fraction of sp³-hybridized carbons (Fsp3) is 0.174. The molecular weight excluding hydrogens is 320 g/mol. The van der Waals surface area contributed by atoms with E-state index in [0.29, 0.717) is 5.56 Å². The number of carbonyl (C=O) groups is 1. The van der Waals surface area contributed by atoms with Gasteiger partial charge in [0.1, 0.15) is 6.17 Å². The molecule has 0 fully saturated rings. The van der Waals surface area contributed by atoms with E-state index in [2.05, 4.69) is 67.8 Å². The third kappa shape index (κ3) is 2.76. The van der Waals surface area contributed by atoms with E-state index in [1.165, 1.54) is 27.8 Å². The van der Waals surface area contributed by atoms with Gasteiger partial charge in [0.15, 0.2) is 0 Å². The van der Waals surface area contributed by atoms with Crippen molar-refractivity contribution in [2.24, 2.45) is 0 Å². The Balaban J connectivity index is 1.63. The van der Waals surface area contributed by atoms with Crippen LogP contribution in [0, 0.1) is 20.8 Å². The summed E-state index contributed by atoms with van der Waals surface area (Å²) in [6, 6.07) is 20.4. The van der Waals surface area contributed by atoms with Gasteiger partial charge < -0.3 is 10.6 Å². The van der Waals surface area contributed by atoms with E-state index in [4.69, 9.17) is 0 Å². The Labute approximate surface area is 154 Å². The first-order valence-corrected chi connectivity index (χ1v) is 8.88. The summed E-state index contributed by atoms with van der Waals surface area (Å²) in [4.78, 5) is 12.3. The molecule has 0 saturated heterocycles. The summed E-state index contributed by atoms with van der Waals surface area (Å²) < 4.78 is 0. The van der Waals surface area contributed by atoms with Gasteiger partial charge in [0, 0.05) is 5.69 Å². The molecule has 130 valence electrons. The van der Waals surface area contributed by atoms with Crippen LogP contribution in [0.1, 0.15) is 38.8 Å². The number of aryl methyl sites for hydroxylation is 1. The molecule has 0 saturated carbocycles. The normalized spacial score (nSPS) is 15.8. The number of nitrogens with one attached hydrogen (secondary N) is 2. The van der Waals surface area contributed by atoms with Gasteiger partial charge in [-0.05, 0) is 66.3 Å². The lowest BCUT2D eigenvalue weighted by Crippen LogP contribution is -2.38. The fourth-order valence-corrected chi connectivity index (χ4v) is 3.50. The van der Waals surface area contributed by atoms with E-state index in [1.807, 2.05) is 24.3 Å². The molecule has 0 aromatic heterocycles. The summed E-state index contributed by atoms with van der Waals surface area (Å²) in [5.74, 6) is -0.0431. The van der Waals surface area contributed by atoms with Gasteiger partial charge in [-0.3, -0.25) is 4.79 Å². The molecule has 1 heterocycles. The average Bonchev–Trinajstić information content (AvgIpc) is 2.66. The molecule has 1 amide bonds. The molecule has 1 aliphatic rings. The first-order valence-electron chi connectivity index (χ1n) is 8.88. The summed E-state index contributed by atoms with van der Waals surface area (Å²) in [7, 11) is 0. The zero-order valence-corrected chi connectivity index (χ0v) is 15.3. The largest absolute Gasteiger partial charge is 0.361 e. The van der Waals surface area contributed by atoms with Gasteiger partial charge in [-0.15, -0.1) is 0 Å². The van der Waals surface area contributed by atoms with Crippen molar-refractivity contribution in [1.82, 2.24) is 5.32 Å². The Morgan fingerprint density at radius 1 is 0.731 bits per heavy atom. The van der Waals surface area contributed by atoms with E-state index in [9.17, 15) is 4.79 Å². The van der Waals surface area contributed by atoms with Crippen LogP contribution < -0.4 is 10.6 Å². The second kappa shape index (κ2) is 6.34. The minimum Gasteiger partial charge on any atom is -0.361 e. The highest BCUT2D eigenvalue weighted by atomic mass is 16.2. The van der Waals surface area contributed by atoms with Crippen molar-refractivity contribution in [2.45, 2.75) is 26.9 Å². The summed E-state index contributed by atoms with van der Waals surface area (Å²) in [6.07, 6.45) is -0.215. The van der Waals surface area contributed by atoms with E-state index < -0.39 is 0 Å². The number of fused-ring (bicyclic) bond motifs is 1. The smallest absolute Gasteiger partial charge is 0.255 e. The van der Waals surface area contributed by atoms with Gasteiger partial charge in [-0.25, -0.2) is 0 Å². The summed E-state index contributed by atoms with van der Waals surface area (Å²) in [6.45, 7) is 6.48. The molecule has 0 aliphatic carbocycles. The number of amides is 1. The highest BCUT2D eigenvalue weighted by Gasteiger charge is 2.24. The second-order valence-corrected chi connectivity index (χ2v) is 6.90. The molecule has 1 atom stereocenters. The maximum Gasteiger partial charge on any atom is 0.255 e. The van der Waals surface area contributed by atoms with Crippen LogP contribution in [0.15, 0.2) is 60.7 Å². The highest BCUT2D eigenvalue weighted by Crippen LogP contribution is 2.30. The van der Waals surface area contributed by atoms with Gasteiger partial charge in [-0.1, -0.05) is 48.5 Å². The van der Waals surface area contributed by atoms with E-state index in [0.717, 1.165) is 11.3 Å². The van der Waals surface area contributed by atoms with Crippen molar-refractivity contribution >= 4 is 11.6 Å². The number of hydrogen-bond donors (Lipinski definition) is 2. The first-order chi connectivity index (χ1) is 12.5. The molecule has 1 aliphatic heterocycles. The van der Waals surface area contributed by atoms with Gasteiger partial charge in [0.05, 0.1) is 5.56 Å². The van der Waals surface area contributed by atoms with Crippen LogP contribution in [0.5, 0.6) is 0 Å². The van der Waals surface area contributed by atoms with Crippen molar-refractivity contribution in [3.63, 3.8) is 0 Å². The van der Waals surface area contributed by atoms with Crippen LogP contribution in [-0.4, -0.2) is 5.91 Å². The number of carbonyl (C=O) groups excluding carboxylic acids is 1. The number of hydrogen-bond acceptors (Lipinski definition) is 2. The predicted molar refractivity (Wildman–Crippen MR) is 106 cm³/mol. The number of para-hydroxylation sites is 1. The Hall–Kier alpha value is -3.07. The van der Waals surface area contributed by atoms with Gasteiger partial charge in [0.25, 0.3) is 5.91 Å². The average molecular weight is 342 g/mol. The minimum absolute atomic E-state index is 0.0431. The maximum atomic E-state index is 12.3. The van der Waals surface area contributed by atoms with Crippen molar-refractivity contribution in [3.8, 4) is 11.1 Å². The third-order valence-electron chi connectivity index (χ3n) is 5.36. The van der Waals surface area contributed by atoms with Crippen LogP contribution in [-0.2, 0) is 0 Å². The molecule has 4 rings (SSSR count). The predicted octanol–water partition coefficient (Wildman–Crippen LogP) is 5.13. The molecule has 3 heteroatoms. The van der Waals surface area contributed by atoms with E-state index in [-0.39, 0.29) is 12.1 Å². The molecule has 26 heavy (non-hydrogen) atoms. The zero-order chi connectivity index (χ0) is 18.3. The van der Waals surface area contributed by atoms with Crippen LogP contribution in [0.3, 0.4) is 0 Å². The van der Waals surface area contributed by atoms with Crippen molar-refractivity contribution in [3.05, 3.63) is 88.5 Å². The summed E-state index contributed by atoms with van der Waals surface area (Å²) >= 11 is 0. The third-order valence-corrected chi connectivity index (χ3v) is 5.36. The van der Waals surface area contributed by atoms with Crippen LogP contribution in [0.2, 0.25) is 0 Å². The molecule has 3 aromatic carbocycles. The number of anilines is 1. The Morgan fingerprint density at radius 2 is 1.46 bits per heavy atom. The van der Waals surface area contributed by atoms with Crippen molar-refractivity contribution in [2.75, 3.05) is 5.32 Å². The number of rotatable bonds is 2. The molecule has 3 aromatic rings. The molecule has 1 unspecified atom stereocenters. The van der Waals surface area contributed by atoms with Crippen LogP contribution in [0.4, 0.5) is 5.69 Å². The molecular formula is C23H22N2O. The molecule has 0 bridgehead atoms. The van der Waals surface area contributed by atoms with Crippen LogP contribution in [0.25, 0.3) is 11.1 Å². The lowest BCUT2D eigenvalue weighted by Gasteiger charge is -2.28. The summed E-state index contributed by atoms with van der Waals surface area (Å²) in [5.41, 5.74) is 9.01. The standard InChI is InChI=1S/C23H22N2O/c1-14-8-13-19(16(3)15(14)2)17-9-11-18(12-10-17)22-24-21-7-5-4-6-20(21)23(26)25-22/h4-13,22,24H,1-3H3,(H,25,26). The van der Waals surface area contributed by atoms with E-state index >= 15 is 0 Å². The number of benzene rings is 3. The van der Waals surface area contributed by atoms with Crippen molar-refractivity contribution < 1.29 is 4.79 Å². The molecule has 0 spiro atoms. The van der Waals surface area contributed by atoms with E-state index in [1.54, 1.807) is 0 Å². The minimum atomic E-state index is -0.215. The maximum absolute atomic E-state index is 12.3. The monoisotopic (exact) mass is 342 g/mol. The SMILES string of the molecule is Cc1ccc(-c2ccc(C3NC(=O)c4ccccc4N3)cc2)c(C)c1C. The zero-order valence-electron chi connectivity index (χ0n) is 15.3. The lowest BCUT2D eigenvalue weighted by molar-refractivity contribution is 0.0935. The second-order valence-electron chi connectivity index (χ2n) is 6.90. The lowest BCUT2D eigenvalue weighted by atomic mass is 9.93. The molecule has 0 radical (unpaired) electrons. The van der Waals surface area contributed by atoms with Gasteiger partial charge >= 0.3 is 0 Å². The molecule has 3 nitrogen and oxygen atoms in total. The molecule has 2 N–H and O–H groups in total. The first kappa shape index (κ1) is 16.4. The topological polar surface area (TPSA) is 41.1 Å². The van der Waals surface area contributed by atoms with Gasteiger partial charge in [0.2, 0.25) is 0 Å². The van der Waals surface area contributed by atoms with Gasteiger partial charge in [-0.2, -0.15) is 0 Å². The Morgan fingerprint density at radius 3 is 2.23 bits per heavy atom. The van der Waals surface area contributed by atoms with Crippen LogP contribution >= 0.6 is 0 Å². The van der Waals surface area contributed by atoms with Crippen molar-refractivity contribution in [1.29, 1.82) is 0 Å². The Kier molecular flexibility index (Phi) is 4.00. The quantitative estimate of drug-likeness (QED) is 0.677.